The molecule has 1 N–H and O–H groups in total. The monoisotopic (exact) mass is 240 g/mol. The molecule has 2 heterocycles. The standard InChI is InChI=1S/C11H16N2O4/c1-6-4-8(17-10(6)16-3)13-5-7(2)9(14)12-11(13)15/h5-6,8,10H,4H2,1-3H3,(H,12,14,15). The number of aromatic nitrogens is 2. The minimum atomic E-state index is -0.449. The van der Waals surface area contributed by atoms with E-state index < -0.39 is 5.69 Å². The maximum Gasteiger partial charge on any atom is 0.330 e. The van der Waals surface area contributed by atoms with E-state index in [1.165, 1.54) is 10.8 Å². The molecule has 0 spiro atoms. The second-order valence-corrected chi connectivity index (χ2v) is 4.39. The van der Waals surface area contributed by atoms with E-state index in [1.807, 2.05) is 6.92 Å². The topological polar surface area (TPSA) is 73.3 Å². The van der Waals surface area contributed by atoms with Crippen LogP contribution in [0.1, 0.15) is 25.1 Å². The first-order chi connectivity index (χ1) is 8.02. The highest BCUT2D eigenvalue weighted by Gasteiger charge is 2.33. The molecule has 0 radical (unpaired) electrons. The summed E-state index contributed by atoms with van der Waals surface area (Å²) in [4.78, 5) is 25.2. The fraction of sp³-hybridized carbons (Fsp3) is 0.636. The Balaban J connectivity index is 2.34. The highest BCUT2D eigenvalue weighted by atomic mass is 16.7. The van der Waals surface area contributed by atoms with Crippen molar-refractivity contribution in [2.75, 3.05) is 7.11 Å². The van der Waals surface area contributed by atoms with Crippen molar-refractivity contribution in [2.45, 2.75) is 32.8 Å². The van der Waals surface area contributed by atoms with Crippen molar-refractivity contribution in [3.8, 4) is 0 Å². The number of nitrogens with one attached hydrogen (secondary N) is 1. The lowest BCUT2D eigenvalue weighted by Gasteiger charge is -2.15. The van der Waals surface area contributed by atoms with Crippen molar-refractivity contribution < 1.29 is 9.47 Å². The quantitative estimate of drug-likeness (QED) is 0.810. The predicted molar refractivity (Wildman–Crippen MR) is 60.8 cm³/mol. The predicted octanol–water partition coefficient (Wildman–Crippen LogP) is 0.373. The second kappa shape index (κ2) is 4.46. The van der Waals surface area contributed by atoms with Gasteiger partial charge in [0, 0.05) is 31.2 Å². The third-order valence-corrected chi connectivity index (χ3v) is 3.02. The first-order valence-corrected chi connectivity index (χ1v) is 5.53. The van der Waals surface area contributed by atoms with Crippen LogP contribution in [0.2, 0.25) is 0 Å². The lowest BCUT2D eigenvalue weighted by atomic mass is 10.1. The summed E-state index contributed by atoms with van der Waals surface area (Å²) in [6, 6.07) is 0. The molecular weight excluding hydrogens is 224 g/mol. The summed E-state index contributed by atoms with van der Waals surface area (Å²) in [6.45, 7) is 3.65. The van der Waals surface area contributed by atoms with Gasteiger partial charge in [-0.25, -0.2) is 4.79 Å². The number of rotatable bonds is 2. The number of nitrogens with zero attached hydrogens (tertiary/aromatic N) is 1. The molecule has 1 saturated heterocycles. The average Bonchev–Trinajstić information content (AvgIpc) is 2.65. The first-order valence-electron chi connectivity index (χ1n) is 5.53. The van der Waals surface area contributed by atoms with Crippen molar-refractivity contribution in [1.29, 1.82) is 0 Å². The molecule has 0 saturated carbocycles. The van der Waals surface area contributed by atoms with Crippen molar-refractivity contribution in [1.82, 2.24) is 9.55 Å². The summed E-state index contributed by atoms with van der Waals surface area (Å²) in [5, 5.41) is 0. The van der Waals surface area contributed by atoms with Crippen molar-refractivity contribution in [2.24, 2.45) is 5.92 Å². The van der Waals surface area contributed by atoms with E-state index in [4.69, 9.17) is 9.47 Å². The number of hydrogen-bond acceptors (Lipinski definition) is 4. The van der Waals surface area contributed by atoms with Crippen LogP contribution in [0.25, 0.3) is 0 Å². The van der Waals surface area contributed by atoms with E-state index in [0.717, 1.165) is 0 Å². The number of hydrogen-bond donors (Lipinski definition) is 1. The van der Waals surface area contributed by atoms with Crippen molar-refractivity contribution in [3.63, 3.8) is 0 Å². The SMILES string of the molecule is COC1OC(n2cc(C)c(=O)[nH]c2=O)CC1C. The van der Waals surface area contributed by atoms with Gasteiger partial charge in [-0.1, -0.05) is 6.92 Å². The maximum absolute atomic E-state index is 11.7. The van der Waals surface area contributed by atoms with Gasteiger partial charge in [0.25, 0.3) is 5.56 Å². The molecule has 1 aliphatic rings. The van der Waals surface area contributed by atoms with Crippen LogP contribution in [0.4, 0.5) is 0 Å². The fourth-order valence-electron chi connectivity index (χ4n) is 2.04. The van der Waals surface area contributed by atoms with Crippen LogP contribution in [0.5, 0.6) is 0 Å². The fourth-order valence-corrected chi connectivity index (χ4v) is 2.04. The van der Waals surface area contributed by atoms with Gasteiger partial charge in [0.2, 0.25) is 0 Å². The molecule has 2 rings (SSSR count). The van der Waals surface area contributed by atoms with Gasteiger partial charge in [0.15, 0.2) is 6.29 Å². The molecule has 1 fully saturated rings. The van der Waals surface area contributed by atoms with Crippen molar-refractivity contribution >= 4 is 0 Å². The summed E-state index contributed by atoms with van der Waals surface area (Å²) in [5.74, 6) is 0.212. The Morgan fingerprint density at radius 2 is 2.24 bits per heavy atom. The minimum Gasteiger partial charge on any atom is -0.356 e. The van der Waals surface area contributed by atoms with Gasteiger partial charge in [0.1, 0.15) is 6.23 Å². The van der Waals surface area contributed by atoms with Gasteiger partial charge in [-0.2, -0.15) is 0 Å². The molecule has 0 bridgehead atoms. The van der Waals surface area contributed by atoms with Crippen molar-refractivity contribution in [3.05, 3.63) is 32.6 Å². The van der Waals surface area contributed by atoms with Crippen LogP contribution in [0, 0.1) is 12.8 Å². The number of aryl methyl sites for hydroxylation is 1. The zero-order valence-electron chi connectivity index (χ0n) is 10.1. The molecule has 6 heteroatoms. The van der Waals surface area contributed by atoms with Gasteiger partial charge < -0.3 is 9.47 Å². The van der Waals surface area contributed by atoms with Crippen LogP contribution in [0.3, 0.4) is 0 Å². The minimum absolute atomic E-state index is 0.212. The molecule has 17 heavy (non-hydrogen) atoms. The Bertz CT molecular complexity index is 519. The molecule has 0 amide bonds. The van der Waals surface area contributed by atoms with Gasteiger partial charge in [-0.15, -0.1) is 0 Å². The molecule has 3 atom stereocenters. The molecule has 6 nitrogen and oxygen atoms in total. The van der Waals surface area contributed by atoms with E-state index in [9.17, 15) is 9.59 Å². The number of ether oxygens (including phenoxy) is 2. The summed E-state index contributed by atoms with van der Waals surface area (Å²) >= 11 is 0. The van der Waals surface area contributed by atoms with Crippen LogP contribution < -0.4 is 11.2 Å². The number of methoxy groups -OCH3 is 1. The summed E-state index contributed by atoms with van der Waals surface area (Å²) in [7, 11) is 1.57. The van der Waals surface area contributed by atoms with Crippen LogP contribution in [-0.2, 0) is 9.47 Å². The highest BCUT2D eigenvalue weighted by Crippen LogP contribution is 2.32. The number of aromatic amines is 1. The Morgan fingerprint density at radius 1 is 1.53 bits per heavy atom. The third kappa shape index (κ3) is 2.18. The van der Waals surface area contributed by atoms with Gasteiger partial charge >= 0.3 is 5.69 Å². The van der Waals surface area contributed by atoms with Gasteiger partial charge in [-0.3, -0.25) is 14.3 Å². The van der Waals surface area contributed by atoms with E-state index in [2.05, 4.69) is 4.98 Å². The smallest absolute Gasteiger partial charge is 0.330 e. The lowest BCUT2D eigenvalue weighted by molar-refractivity contribution is -0.146. The molecular formula is C11H16N2O4. The van der Waals surface area contributed by atoms with Gasteiger partial charge in [0.05, 0.1) is 0 Å². The Kier molecular flexibility index (Phi) is 3.17. The molecule has 3 unspecified atom stereocenters. The molecule has 0 aromatic carbocycles. The van der Waals surface area contributed by atoms with E-state index in [1.54, 1.807) is 14.0 Å². The maximum atomic E-state index is 11.7. The van der Waals surface area contributed by atoms with E-state index in [0.29, 0.717) is 12.0 Å². The summed E-state index contributed by atoms with van der Waals surface area (Å²) in [6.07, 6.45) is 1.53. The largest absolute Gasteiger partial charge is 0.356 e. The Labute approximate surface area is 98.2 Å². The molecule has 0 aliphatic carbocycles. The molecule has 1 aliphatic heterocycles. The van der Waals surface area contributed by atoms with Gasteiger partial charge in [-0.05, 0) is 6.92 Å². The molecule has 1 aromatic rings. The Morgan fingerprint density at radius 3 is 2.82 bits per heavy atom. The van der Waals surface area contributed by atoms with Crippen LogP contribution in [0.15, 0.2) is 15.8 Å². The van der Waals surface area contributed by atoms with Crippen LogP contribution in [-0.4, -0.2) is 23.0 Å². The summed E-state index contributed by atoms with van der Waals surface area (Å²) in [5.41, 5.74) is -0.322. The number of H-pyrrole nitrogens is 1. The van der Waals surface area contributed by atoms with E-state index in [-0.39, 0.29) is 24.0 Å². The zero-order valence-corrected chi connectivity index (χ0v) is 10.1. The zero-order chi connectivity index (χ0) is 12.6. The third-order valence-electron chi connectivity index (χ3n) is 3.02. The molecule has 1 aromatic heterocycles. The Hall–Kier alpha value is -1.40. The lowest BCUT2D eigenvalue weighted by Crippen LogP contribution is -2.33. The second-order valence-electron chi connectivity index (χ2n) is 4.39. The highest BCUT2D eigenvalue weighted by molar-refractivity contribution is 5.01. The average molecular weight is 240 g/mol. The normalized spacial score (nSPS) is 28.5. The van der Waals surface area contributed by atoms with Crippen LogP contribution >= 0.6 is 0 Å². The first kappa shape index (κ1) is 12.1. The molecule has 94 valence electrons. The summed E-state index contributed by atoms with van der Waals surface area (Å²) < 4.78 is 12.2. The van der Waals surface area contributed by atoms with E-state index >= 15 is 0 Å².